The van der Waals surface area contributed by atoms with E-state index in [2.05, 4.69) is 12.2 Å². The molecule has 120 valence electrons. The molecule has 1 saturated carbocycles. The van der Waals surface area contributed by atoms with Crippen molar-refractivity contribution in [2.24, 2.45) is 11.8 Å². The van der Waals surface area contributed by atoms with Crippen molar-refractivity contribution in [3.8, 4) is 0 Å². The van der Waals surface area contributed by atoms with Crippen molar-refractivity contribution in [1.82, 2.24) is 5.32 Å². The lowest BCUT2D eigenvalue weighted by Gasteiger charge is -2.27. The zero-order valence-corrected chi connectivity index (χ0v) is 13.4. The van der Waals surface area contributed by atoms with E-state index in [9.17, 15) is 8.78 Å². The highest BCUT2D eigenvalue weighted by Gasteiger charge is 2.19. The van der Waals surface area contributed by atoms with Crippen LogP contribution in [-0.2, 0) is 12.3 Å². The molecule has 0 spiro atoms. The van der Waals surface area contributed by atoms with Crippen LogP contribution in [0.2, 0.25) is 0 Å². The van der Waals surface area contributed by atoms with Gasteiger partial charge in [0.1, 0.15) is 11.5 Å². The van der Waals surface area contributed by atoms with Crippen LogP contribution < -0.4 is 5.32 Å². The monoisotopic (exact) mass is 317 g/mol. The zero-order chi connectivity index (χ0) is 15.1. The fourth-order valence-corrected chi connectivity index (χ4v) is 3.43. The molecule has 0 amide bonds. The molecule has 1 aliphatic rings. The number of alkyl halides is 2. The third kappa shape index (κ3) is 5.99. The largest absolute Gasteiger partial charge is 0.464 e. The average molecular weight is 317 g/mol. The van der Waals surface area contributed by atoms with Crippen molar-refractivity contribution < 1.29 is 13.2 Å². The fourth-order valence-electron chi connectivity index (χ4n) is 2.98. The van der Waals surface area contributed by atoms with Gasteiger partial charge in [-0.3, -0.25) is 0 Å². The number of rotatable bonds is 8. The lowest BCUT2D eigenvalue weighted by molar-refractivity contribution is 0.251. The Morgan fingerprint density at radius 3 is 2.52 bits per heavy atom. The van der Waals surface area contributed by atoms with Crippen LogP contribution in [0.25, 0.3) is 0 Å². The van der Waals surface area contributed by atoms with Gasteiger partial charge < -0.3 is 9.73 Å². The van der Waals surface area contributed by atoms with Gasteiger partial charge in [0.25, 0.3) is 5.76 Å². The van der Waals surface area contributed by atoms with Crippen molar-refractivity contribution in [1.29, 1.82) is 0 Å². The molecule has 0 radical (unpaired) electrons. The van der Waals surface area contributed by atoms with Crippen molar-refractivity contribution in [3.63, 3.8) is 0 Å². The standard InChI is InChI=1S/C16H25F2NOS/c1-2-12-3-5-13(6-4-12)9-19-10-14-7-8-15(20-14)11-21-16(17)18/h7-8,12-13,16,19H,2-6,9-11H2,1H3. The summed E-state index contributed by atoms with van der Waals surface area (Å²) in [5.74, 6) is 1.06. The lowest BCUT2D eigenvalue weighted by atomic mass is 9.81. The van der Waals surface area contributed by atoms with E-state index in [-0.39, 0.29) is 5.75 Å². The van der Waals surface area contributed by atoms with Crippen LogP contribution >= 0.6 is 11.8 Å². The molecule has 0 aliphatic heterocycles. The molecule has 0 saturated heterocycles. The molecule has 0 unspecified atom stereocenters. The number of hydrogen-bond donors (Lipinski definition) is 1. The highest BCUT2D eigenvalue weighted by molar-refractivity contribution is 7.98. The first-order chi connectivity index (χ1) is 10.2. The summed E-state index contributed by atoms with van der Waals surface area (Å²) in [5, 5.41) is 3.43. The Labute approximate surface area is 130 Å². The molecule has 21 heavy (non-hydrogen) atoms. The fraction of sp³-hybridized carbons (Fsp3) is 0.750. The van der Waals surface area contributed by atoms with Gasteiger partial charge in [-0.15, -0.1) is 0 Å². The number of furan rings is 1. The van der Waals surface area contributed by atoms with Gasteiger partial charge >= 0.3 is 0 Å². The quantitative estimate of drug-likeness (QED) is 0.727. The summed E-state index contributed by atoms with van der Waals surface area (Å²) in [6, 6.07) is 3.67. The van der Waals surface area contributed by atoms with Crippen molar-refractivity contribution >= 4 is 11.8 Å². The van der Waals surface area contributed by atoms with Crippen LogP contribution in [0.3, 0.4) is 0 Å². The number of thioether (sulfide) groups is 1. The molecule has 1 heterocycles. The number of nitrogens with one attached hydrogen (secondary N) is 1. The third-order valence-corrected chi connectivity index (χ3v) is 5.05. The lowest BCUT2D eigenvalue weighted by Crippen LogP contribution is -2.26. The Kier molecular flexibility index (Phi) is 7.04. The molecule has 1 fully saturated rings. The topological polar surface area (TPSA) is 25.2 Å². The molecule has 0 aromatic carbocycles. The first-order valence-corrected chi connectivity index (χ1v) is 8.90. The van der Waals surface area contributed by atoms with Crippen LogP contribution in [-0.4, -0.2) is 12.3 Å². The first-order valence-electron chi connectivity index (χ1n) is 7.85. The molecule has 1 aliphatic carbocycles. The summed E-state index contributed by atoms with van der Waals surface area (Å²) >= 11 is 0.599. The van der Waals surface area contributed by atoms with Gasteiger partial charge in [-0.2, -0.15) is 8.78 Å². The van der Waals surface area contributed by atoms with E-state index >= 15 is 0 Å². The second-order valence-electron chi connectivity index (χ2n) is 5.87. The highest BCUT2D eigenvalue weighted by Crippen LogP contribution is 2.30. The minimum absolute atomic E-state index is 0.235. The minimum atomic E-state index is -2.34. The first kappa shape index (κ1) is 16.8. The molecule has 1 aromatic rings. The van der Waals surface area contributed by atoms with Gasteiger partial charge in [0.05, 0.1) is 12.3 Å². The van der Waals surface area contributed by atoms with Gasteiger partial charge in [-0.05, 0) is 43.4 Å². The van der Waals surface area contributed by atoms with Crippen molar-refractivity contribution in [2.45, 2.75) is 57.1 Å². The Morgan fingerprint density at radius 2 is 1.86 bits per heavy atom. The maximum Gasteiger partial charge on any atom is 0.284 e. The summed E-state index contributed by atoms with van der Waals surface area (Å²) in [4.78, 5) is 0. The molecular weight excluding hydrogens is 292 g/mol. The Hall–Kier alpha value is -0.550. The molecule has 5 heteroatoms. The van der Waals surface area contributed by atoms with Crippen LogP contribution in [0.15, 0.2) is 16.5 Å². The van der Waals surface area contributed by atoms with E-state index in [1.54, 1.807) is 6.07 Å². The second kappa shape index (κ2) is 8.79. The molecule has 2 rings (SSSR count). The maximum atomic E-state index is 12.1. The Bertz CT molecular complexity index is 403. The van der Waals surface area contributed by atoms with Crippen molar-refractivity contribution in [3.05, 3.63) is 23.7 Å². The smallest absolute Gasteiger partial charge is 0.284 e. The summed E-state index contributed by atoms with van der Waals surface area (Å²) < 4.78 is 29.7. The maximum absolute atomic E-state index is 12.1. The SMILES string of the molecule is CCC1CCC(CNCc2ccc(CSC(F)F)o2)CC1. The van der Waals surface area contributed by atoms with E-state index < -0.39 is 5.76 Å². The average Bonchev–Trinajstić information content (AvgIpc) is 2.94. The predicted octanol–water partition coefficient (Wildman–Crippen LogP) is 5.04. The molecule has 0 bridgehead atoms. The highest BCUT2D eigenvalue weighted by atomic mass is 32.2. The number of hydrogen-bond acceptors (Lipinski definition) is 3. The summed E-state index contributed by atoms with van der Waals surface area (Å²) in [6.45, 7) is 4.00. The number of halogens is 2. The van der Waals surface area contributed by atoms with Gasteiger partial charge in [-0.25, -0.2) is 0 Å². The van der Waals surface area contributed by atoms with E-state index in [0.29, 0.717) is 24.1 Å². The summed E-state index contributed by atoms with van der Waals surface area (Å²) in [7, 11) is 0. The predicted molar refractivity (Wildman–Crippen MR) is 83.5 cm³/mol. The van der Waals surface area contributed by atoms with Gasteiger partial charge in [-0.1, -0.05) is 37.9 Å². The van der Waals surface area contributed by atoms with E-state index in [1.807, 2.05) is 6.07 Å². The summed E-state index contributed by atoms with van der Waals surface area (Å²) in [5.41, 5.74) is 0. The van der Waals surface area contributed by atoms with Crippen LogP contribution in [0.4, 0.5) is 8.78 Å². The van der Waals surface area contributed by atoms with E-state index in [1.165, 1.54) is 32.1 Å². The van der Waals surface area contributed by atoms with E-state index in [4.69, 9.17) is 4.42 Å². The Balaban J connectivity index is 1.62. The van der Waals surface area contributed by atoms with Crippen LogP contribution in [0.1, 0.15) is 50.5 Å². The van der Waals surface area contributed by atoms with Crippen molar-refractivity contribution in [2.75, 3.05) is 6.54 Å². The molecular formula is C16H25F2NOS. The van der Waals surface area contributed by atoms with Crippen LogP contribution in [0, 0.1) is 11.8 Å². The molecule has 0 atom stereocenters. The van der Waals surface area contributed by atoms with Gasteiger partial charge in [0.15, 0.2) is 0 Å². The van der Waals surface area contributed by atoms with Gasteiger partial charge in [0.2, 0.25) is 0 Å². The Morgan fingerprint density at radius 1 is 1.19 bits per heavy atom. The summed E-state index contributed by atoms with van der Waals surface area (Å²) in [6.07, 6.45) is 6.67. The zero-order valence-electron chi connectivity index (χ0n) is 12.6. The van der Waals surface area contributed by atoms with E-state index in [0.717, 1.165) is 24.1 Å². The third-order valence-electron chi connectivity index (χ3n) is 4.34. The molecule has 1 N–H and O–H groups in total. The minimum Gasteiger partial charge on any atom is -0.464 e. The molecule has 1 aromatic heterocycles. The molecule has 2 nitrogen and oxygen atoms in total. The van der Waals surface area contributed by atoms with Crippen LogP contribution in [0.5, 0.6) is 0 Å². The van der Waals surface area contributed by atoms with Gasteiger partial charge in [0, 0.05) is 0 Å². The second-order valence-corrected chi connectivity index (χ2v) is 6.84. The normalized spacial score (nSPS) is 22.9.